The zero-order chi connectivity index (χ0) is 21.8. The van der Waals surface area contributed by atoms with Gasteiger partial charge in [0.25, 0.3) is 5.91 Å². The minimum Gasteiger partial charge on any atom is -0.496 e. The van der Waals surface area contributed by atoms with Gasteiger partial charge in [0.15, 0.2) is 0 Å². The van der Waals surface area contributed by atoms with Crippen molar-refractivity contribution in [2.75, 3.05) is 20.2 Å². The monoisotopic (exact) mass is 423 g/mol. The summed E-state index contributed by atoms with van der Waals surface area (Å²) >= 11 is 0. The summed E-state index contributed by atoms with van der Waals surface area (Å²) in [5.74, 6) is 0.604. The lowest BCUT2D eigenvalue weighted by atomic mass is 9.78. The Morgan fingerprint density at radius 1 is 1.16 bits per heavy atom. The molecule has 3 N–H and O–H groups in total. The van der Waals surface area contributed by atoms with Crippen LogP contribution in [0.2, 0.25) is 0 Å². The first-order valence-corrected chi connectivity index (χ1v) is 10.6. The van der Waals surface area contributed by atoms with E-state index in [1.165, 1.54) is 0 Å². The van der Waals surface area contributed by atoms with Crippen LogP contribution in [0, 0.1) is 0 Å². The summed E-state index contributed by atoms with van der Waals surface area (Å²) in [4.78, 5) is 26.4. The lowest BCUT2D eigenvalue weighted by Gasteiger charge is -2.50. The molecule has 2 aromatic heterocycles. The van der Waals surface area contributed by atoms with Crippen molar-refractivity contribution in [3.63, 3.8) is 0 Å². The minimum absolute atomic E-state index is 0.0748. The highest BCUT2D eigenvalue weighted by molar-refractivity contribution is 5.97. The molecule has 1 fully saturated rings. The molecule has 0 unspecified atom stereocenters. The van der Waals surface area contributed by atoms with Crippen LogP contribution in [0.4, 0.5) is 0 Å². The van der Waals surface area contributed by atoms with Crippen molar-refractivity contribution in [3.05, 3.63) is 41.3 Å². The van der Waals surface area contributed by atoms with Crippen LogP contribution in [0.25, 0.3) is 10.9 Å². The molecule has 5 rings (SSSR count). The average Bonchev–Trinajstić information content (AvgIpc) is 3.42. The molecule has 0 radical (unpaired) electrons. The highest BCUT2D eigenvalue weighted by atomic mass is 16.5. The zero-order valence-corrected chi connectivity index (χ0v) is 18.0. The highest BCUT2D eigenvalue weighted by Crippen LogP contribution is 2.37. The Morgan fingerprint density at radius 3 is 2.61 bits per heavy atom. The number of methoxy groups -OCH3 is 1. The maximum atomic E-state index is 13.9. The van der Waals surface area contributed by atoms with Crippen LogP contribution in [0.1, 0.15) is 53.1 Å². The summed E-state index contributed by atoms with van der Waals surface area (Å²) in [6.45, 7) is 5.51. The van der Waals surface area contributed by atoms with Gasteiger partial charge in [-0.05, 0) is 32.4 Å². The molecule has 2 aliphatic rings. The summed E-state index contributed by atoms with van der Waals surface area (Å²) in [5, 5.41) is 17.9. The number of rotatable bonds is 3. The first-order chi connectivity index (χ1) is 14.9. The van der Waals surface area contributed by atoms with Crippen LogP contribution < -0.4 is 10.1 Å². The first-order valence-electron chi connectivity index (χ1n) is 10.6. The molecule has 1 saturated heterocycles. The fourth-order valence-corrected chi connectivity index (χ4v) is 5.24. The first kappa shape index (κ1) is 19.7. The second kappa shape index (κ2) is 6.91. The number of aromatic amines is 2. The number of nitrogens with one attached hydrogen (secondary N) is 3. The van der Waals surface area contributed by atoms with E-state index >= 15 is 0 Å². The summed E-state index contributed by atoms with van der Waals surface area (Å²) in [5.41, 5.74) is 2.58. The summed E-state index contributed by atoms with van der Waals surface area (Å²) in [6.07, 6.45) is 5.65. The second-order valence-electron chi connectivity index (χ2n) is 9.07. The molecule has 31 heavy (non-hydrogen) atoms. The van der Waals surface area contributed by atoms with Crippen LogP contribution in [0.15, 0.2) is 24.5 Å². The van der Waals surface area contributed by atoms with Crippen LogP contribution in [0.5, 0.6) is 5.75 Å². The Balaban J connectivity index is 1.46. The van der Waals surface area contributed by atoms with E-state index in [4.69, 9.17) is 4.74 Å². The van der Waals surface area contributed by atoms with E-state index in [-0.39, 0.29) is 23.4 Å². The Labute approximate surface area is 179 Å². The predicted molar refractivity (Wildman–Crippen MR) is 114 cm³/mol. The molecule has 3 aromatic rings. The molecule has 1 aromatic carbocycles. The molecule has 0 bridgehead atoms. The van der Waals surface area contributed by atoms with Gasteiger partial charge in [-0.15, -0.1) is 0 Å². The van der Waals surface area contributed by atoms with Gasteiger partial charge in [0, 0.05) is 18.4 Å². The van der Waals surface area contributed by atoms with Gasteiger partial charge in [-0.1, -0.05) is 0 Å². The number of piperidine rings is 1. The van der Waals surface area contributed by atoms with Crippen molar-refractivity contribution in [2.45, 2.75) is 44.7 Å². The van der Waals surface area contributed by atoms with E-state index in [0.717, 1.165) is 35.7 Å². The zero-order valence-electron chi connectivity index (χ0n) is 18.0. The van der Waals surface area contributed by atoms with Crippen molar-refractivity contribution in [2.24, 2.45) is 0 Å². The smallest absolute Gasteiger partial charge is 0.346 e. The van der Waals surface area contributed by atoms with Gasteiger partial charge < -0.3 is 10.1 Å². The van der Waals surface area contributed by atoms with E-state index in [0.29, 0.717) is 34.6 Å². The third-order valence-corrected chi connectivity index (χ3v) is 7.21. The van der Waals surface area contributed by atoms with E-state index in [9.17, 15) is 9.59 Å². The van der Waals surface area contributed by atoms with E-state index in [1.807, 2.05) is 12.1 Å². The standard InChI is InChI=1S/C22H26N6O3/c1-13(2)28(21(30)14-8-17-16(12-24-26-17)18(9-14)31-3)6-4-22(5-7-28)10-15-11-23-27-19(15)20(29)25-22/h8-9,11-13H,4-7,10H2,1-3H3,(H2-,23,24,25,26,27,29,30)/p+1. The number of hydrogen-bond acceptors (Lipinski definition) is 5. The van der Waals surface area contributed by atoms with Crippen LogP contribution in [-0.2, 0) is 6.42 Å². The summed E-state index contributed by atoms with van der Waals surface area (Å²) < 4.78 is 5.86. The Hall–Kier alpha value is -3.20. The maximum Gasteiger partial charge on any atom is 0.346 e. The molecule has 9 nitrogen and oxygen atoms in total. The quantitative estimate of drug-likeness (QED) is 0.559. The number of amides is 2. The topological polar surface area (TPSA) is 113 Å². The fourth-order valence-electron chi connectivity index (χ4n) is 5.24. The van der Waals surface area contributed by atoms with Crippen molar-refractivity contribution in [1.82, 2.24) is 25.7 Å². The fraction of sp³-hybridized carbons (Fsp3) is 0.455. The van der Waals surface area contributed by atoms with E-state index < -0.39 is 0 Å². The van der Waals surface area contributed by atoms with Gasteiger partial charge in [0.2, 0.25) is 0 Å². The number of carbonyl (C=O) groups excluding carboxylic acids is 2. The molecule has 9 heteroatoms. The van der Waals surface area contributed by atoms with Crippen LogP contribution in [-0.4, -0.2) is 68.5 Å². The van der Waals surface area contributed by atoms with E-state index in [1.54, 1.807) is 19.5 Å². The van der Waals surface area contributed by atoms with Gasteiger partial charge in [0.05, 0.1) is 60.6 Å². The van der Waals surface area contributed by atoms with E-state index in [2.05, 4.69) is 39.6 Å². The lowest BCUT2D eigenvalue weighted by molar-refractivity contribution is -0.876. The Bertz CT molecular complexity index is 1170. The number of fused-ring (bicyclic) bond motifs is 2. The molecule has 0 aliphatic carbocycles. The number of nitrogens with zero attached hydrogens (tertiary/aromatic N) is 3. The van der Waals surface area contributed by atoms with Crippen LogP contribution in [0.3, 0.4) is 0 Å². The largest absolute Gasteiger partial charge is 0.496 e. The second-order valence-corrected chi connectivity index (χ2v) is 9.07. The molecular weight excluding hydrogens is 396 g/mol. The number of hydrogen-bond donors (Lipinski definition) is 3. The average molecular weight is 423 g/mol. The third-order valence-electron chi connectivity index (χ3n) is 7.21. The van der Waals surface area contributed by atoms with Gasteiger partial charge in [0.1, 0.15) is 11.4 Å². The molecule has 2 amide bonds. The molecule has 0 saturated carbocycles. The molecule has 0 atom stereocenters. The number of ether oxygens (including phenoxy) is 1. The minimum atomic E-state index is -0.324. The number of carbonyl (C=O) groups is 2. The van der Waals surface area contributed by atoms with Crippen LogP contribution >= 0.6 is 0 Å². The molecule has 4 heterocycles. The molecular formula is C22H27N6O3+. The summed E-state index contributed by atoms with van der Waals surface area (Å²) in [7, 11) is 1.60. The maximum absolute atomic E-state index is 13.9. The number of benzene rings is 1. The van der Waals surface area contributed by atoms with Gasteiger partial charge in [-0.3, -0.25) is 19.5 Å². The Kier molecular flexibility index (Phi) is 4.40. The number of quaternary nitrogens is 1. The SMILES string of the molecule is COc1cc(C(=O)[N+]2(C(C)C)CCC3(CC2)Cc2cn[nH]c2C(=O)N3)cc2[nH]ncc12. The van der Waals surface area contributed by atoms with Gasteiger partial charge in [-0.2, -0.15) is 10.2 Å². The predicted octanol–water partition coefficient (Wildman–Crippen LogP) is 2.18. The molecule has 2 aliphatic heterocycles. The molecule has 162 valence electrons. The van der Waals surface area contributed by atoms with Gasteiger partial charge >= 0.3 is 5.91 Å². The van der Waals surface area contributed by atoms with Crippen molar-refractivity contribution in [3.8, 4) is 5.75 Å². The number of H-pyrrole nitrogens is 2. The van der Waals surface area contributed by atoms with Crippen molar-refractivity contribution < 1.29 is 18.8 Å². The van der Waals surface area contributed by atoms with Gasteiger partial charge in [-0.25, -0.2) is 4.79 Å². The molecule has 1 spiro atoms. The van der Waals surface area contributed by atoms with Crippen molar-refractivity contribution >= 4 is 22.7 Å². The highest BCUT2D eigenvalue weighted by Gasteiger charge is 2.51. The van der Waals surface area contributed by atoms with Crippen molar-refractivity contribution in [1.29, 1.82) is 0 Å². The summed E-state index contributed by atoms with van der Waals surface area (Å²) in [6, 6.07) is 3.78. The Morgan fingerprint density at radius 2 is 1.90 bits per heavy atom. The lowest BCUT2D eigenvalue weighted by Crippen LogP contribution is -2.68. The number of aromatic nitrogens is 4. The normalized spacial score (nSPS) is 25.6. The third kappa shape index (κ3) is 2.95. The number of likely N-dealkylation sites (tertiary alicyclic amines) is 1.